The van der Waals surface area contributed by atoms with Crippen LogP contribution in [0.2, 0.25) is 0 Å². The summed E-state index contributed by atoms with van der Waals surface area (Å²) in [6.45, 7) is 3.93. The van der Waals surface area contributed by atoms with Crippen molar-refractivity contribution < 1.29 is 8.81 Å². The van der Waals surface area contributed by atoms with Crippen LogP contribution in [0.3, 0.4) is 0 Å². The Balaban J connectivity index is 1.32. The van der Waals surface area contributed by atoms with Gasteiger partial charge < -0.3 is 9.32 Å². The molecule has 7 heteroatoms. The molecule has 6 nitrogen and oxygen atoms in total. The number of aromatic nitrogens is 3. The summed E-state index contributed by atoms with van der Waals surface area (Å²) in [6.07, 6.45) is 8.42. The average Bonchev–Trinajstić information content (AvgIpc) is 3.27. The molecule has 4 aromatic rings. The highest BCUT2D eigenvalue weighted by Crippen LogP contribution is 2.33. The van der Waals surface area contributed by atoms with E-state index in [-0.39, 0.29) is 5.82 Å². The van der Waals surface area contributed by atoms with E-state index < -0.39 is 0 Å². The molecule has 0 spiro atoms. The molecule has 0 saturated carbocycles. The molecule has 1 aliphatic rings. The van der Waals surface area contributed by atoms with Gasteiger partial charge in [0.25, 0.3) is 0 Å². The van der Waals surface area contributed by atoms with Crippen molar-refractivity contribution >= 4 is 23.3 Å². The Bertz CT molecular complexity index is 1290. The third kappa shape index (κ3) is 4.35. The van der Waals surface area contributed by atoms with Crippen LogP contribution in [0.4, 0.5) is 10.3 Å². The Morgan fingerprint density at radius 3 is 2.61 bits per heavy atom. The lowest BCUT2D eigenvalue weighted by Crippen LogP contribution is -2.34. The van der Waals surface area contributed by atoms with Crippen LogP contribution in [0.25, 0.3) is 22.6 Å². The summed E-state index contributed by atoms with van der Waals surface area (Å²) in [5.41, 5.74) is 4.86. The van der Waals surface area contributed by atoms with E-state index in [4.69, 9.17) is 4.42 Å². The van der Waals surface area contributed by atoms with Crippen LogP contribution in [-0.2, 0) is 6.42 Å². The van der Waals surface area contributed by atoms with Crippen molar-refractivity contribution in [3.05, 3.63) is 71.3 Å². The van der Waals surface area contributed by atoms with Crippen LogP contribution in [0.15, 0.2) is 58.2 Å². The van der Waals surface area contributed by atoms with E-state index >= 15 is 0 Å². The lowest BCUT2D eigenvalue weighted by molar-refractivity contribution is 0.499. The van der Waals surface area contributed by atoms with Crippen molar-refractivity contribution in [1.82, 2.24) is 15.0 Å². The minimum Gasteiger partial charge on any atom is -0.436 e. The van der Waals surface area contributed by atoms with Crippen molar-refractivity contribution in [2.75, 3.05) is 25.0 Å². The smallest absolute Gasteiger partial charge is 0.230 e. The Labute approximate surface area is 192 Å². The van der Waals surface area contributed by atoms with Crippen LogP contribution >= 0.6 is 0 Å². The zero-order chi connectivity index (χ0) is 22.8. The van der Waals surface area contributed by atoms with Crippen LogP contribution in [0.1, 0.15) is 42.4 Å². The van der Waals surface area contributed by atoms with Gasteiger partial charge in [0.05, 0.1) is 5.56 Å². The molecule has 0 N–H and O–H groups in total. The first-order chi connectivity index (χ1) is 16.1. The molecule has 0 unspecified atom stereocenters. The molecule has 33 heavy (non-hydrogen) atoms. The number of anilines is 1. The Morgan fingerprint density at radius 2 is 1.91 bits per heavy atom. The number of halogens is 1. The molecule has 0 atom stereocenters. The summed E-state index contributed by atoms with van der Waals surface area (Å²) < 4.78 is 20.5. The third-order valence-corrected chi connectivity index (χ3v) is 6.26. The zero-order valence-corrected chi connectivity index (χ0v) is 18.8. The van der Waals surface area contributed by atoms with E-state index in [1.54, 1.807) is 25.4 Å². The predicted molar refractivity (Wildman–Crippen MR) is 129 cm³/mol. The van der Waals surface area contributed by atoms with Gasteiger partial charge in [0.1, 0.15) is 11.3 Å². The maximum absolute atomic E-state index is 14.6. The number of benzene rings is 2. The van der Waals surface area contributed by atoms with Crippen LogP contribution in [0, 0.1) is 5.82 Å². The number of oxazole rings is 1. The fraction of sp³-hybridized carbons (Fsp3) is 0.308. The average molecular weight is 444 g/mol. The summed E-state index contributed by atoms with van der Waals surface area (Å²) in [5, 5.41) is 0. The lowest BCUT2D eigenvalue weighted by atomic mass is 9.89. The minimum atomic E-state index is -0.374. The maximum Gasteiger partial charge on any atom is 0.230 e. The van der Waals surface area contributed by atoms with Gasteiger partial charge >= 0.3 is 0 Å². The normalized spacial score (nSPS) is 15.1. The summed E-state index contributed by atoms with van der Waals surface area (Å²) in [4.78, 5) is 19.8. The molecule has 1 fully saturated rings. The number of nitrogens with zero attached hydrogens (tertiary/aromatic N) is 5. The van der Waals surface area contributed by atoms with Crippen molar-refractivity contribution in [3.63, 3.8) is 0 Å². The highest BCUT2D eigenvalue weighted by Gasteiger charge is 2.23. The number of aryl methyl sites for hydroxylation is 1. The predicted octanol–water partition coefficient (Wildman–Crippen LogP) is 5.42. The van der Waals surface area contributed by atoms with Crippen molar-refractivity contribution in [3.8, 4) is 11.5 Å². The molecule has 3 heterocycles. The highest BCUT2D eigenvalue weighted by molar-refractivity contribution is 5.81. The van der Waals surface area contributed by atoms with Gasteiger partial charge in [0.15, 0.2) is 5.58 Å². The molecule has 5 rings (SSSR count). The highest BCUT2D eigenvalue weighted by atomic mass is 19.1. The van der Waals surface area contributed by atoms with Gasteiger partial charge in [-0.1, -0.05) is 19.1 Å². The molecule has 0 aliphatic carbocycles. The van der Waals surface area contributed by atoms with Crippen LogP contribution in [0.5, 0.6) is 0 Å². The number of rotatable bonds is 5. The van der Waals surface area contributed by atoms with Crippen LogP contribution < -0.4 is 4.90 Å². The summed E-state index contributed by atoms with van der Waals surface area (Å²) >= 11 is 0. The molecule has 2 aromatic carbocycles. The van der Waals surface area contributed by atoms with Crippen LogP contribution in [-0.4, -0.2) is 41.3 Å². The quantitative estimate of drug-likeness (QED) is 0.385. The van der Waals surface area contributed by atoms with E-state index in [0.29, 0.717) is 28.5 Å². The van der Waals surface area contributed by atoms with Gasteiger partial charge in [-0.2, -0.15) is 0 Å². The molecule has 0 amide bonds. The summed E-state index contributed by atoms with van der Waals surface area (Å²) in [5.74, 6) is 1.16. The van der Waals surface area contributed by atoms with Gasteiger partial charge in [-0.3, -0.25) is 4.99 Å². The maximum atomic E-state index is 14.6. The standard InChI is InChI=1S/C26H26FN5O/c1-3-17-15-29-26(30-16-17)32-10-8-19(9-11-32)20-5-7-24-23(13-20)31-25(33-24)21-6-4-18(14-28-2)12-22(21)27/h4-7,12-16,19H,3,8-11H2,1-2H3. The number of fused-ring (bicyclic) bond motifs is 1. The molecule has 0 bridgehead atoms. The number of piperidine rings is 1. The van der Waals surface area contributed by atoms with E-state index in [2.05, 4.69) is 43.9 Å². The van der Waals surface area contributed by atoms with Crippen molar-refractivity contribution in [2.24, 2.45) is 4.99 Å². The third-order valence-electron chi connectivity index (χ3n) is 6.26. The fourth-order valence-corrected chi connectivity index (χ4v) is 4.35. The molecular formula is C26H26FN5O. The number of hydrogen-bond donors (Lipinski definition) is 0. The minimum absolute atomic E-state index is 0.294. The van der Waals surface area contributed by atoms with Gasteiger partial charge in [-0.25, -0.2) is 19.3 Å². The monoisotopic (exact) mass is 443 g/mol. The Kier molecular flexibility index (Phi) is 5.86. The summed E-state index contributed by atoms with van der Waals surface area (Å²) in [7, 11) is 1.66. The SMILES string of the molecule is CCc1cnc(N2CCC(c3ccc4oc(-c5ccc(C=NC)cc5F)nc4c3)CC2)nc1. The first-order valence-electron chi connectivity index (χ1n) is 11.3. The molecule has 0 radical (unpaired) electrons. The first-order valence-corrected chi connectivity index (χ1v) is 11.3. The molecule has 1 aliphatic heterocycles. The van der Waals surface area contributed by atoms with Gasteiger partial charge in [-0.05, 0) is 66.1 Å². The molecule has 2 aromatic heterocycles. The summed E-state index contributed by atoms with van der Waals surface area (Å²) in [6, 6.07) is 11.0. The number of hydrogen-bond acceptors (Lipinski definition) is 6. The van der Waals surface area contributed by atoms with E-state index in [1.165, 1.54) is 11.6 Å². The van der Waals surface area contributed by atoms with E-state index in [9.17, 15) is 4.39 Å². The fourth-order valence-electron chi connectivity index (χ4n) is 4.35. The molecule has 1 saturated heterocycles. The second-order valence-electron chi connectivity index (χ2n) is 8.38. The van der Waals surface area contributed by atoms with Crippen molar-refractivity contribution in [1.29, 1.82) is 0 Å². The molecule has 168 valence electrons. The van der Waals surface area contributed by atoms with Crippen molar-refractivity contribution in [2.45, 2.75) is 32.1 Å². The molecular weight excluding hydrogens is 417 g/mol. The second-order valence-corrected chi connectivity index (χ2v) is 8.38. The Hall–Kier alpha value is -3.61. The Morgan fingerprint density at radius 1 is 1.12 bits per heavy atom. The first kappa shape index (κ1) is 21.2. The number of aliphatic imine (C=N–C) groups is 1. The van der Waals surface area contributed by atoms with Gasteiger partial charge in [0.2, 0.25) is 11.8 Å². The van der Waals surface area contributed by atoms with E-state index in [0.717, 1.165) is 49.4 Å². The zero-order valence-electron chi connectivity index (χ0n) is 18.8. The van der Waals surface area contributed by atoms with Gasteiger partial charge in [0, 0.05) is 38.7 Å². The second kappa shape index (κ2) is 9.10. The largest absolute Gasteiger partial charge is 0.436 e. The lowest BCUT2D eigenvalue weighted by Gasteiger charge is -2.32. The van der Waals surface area contributed by atoms with Gasteiger partial charge in [-0.15, -0.1) is 0 Å². The van der Waals surface area contributed by atoms with E-state index in [1.807, 2.05) is 18.5 Å². The topological polar surface area (TPSA) is 67.4 Å².